The summed E-state index contributed by atoms with van der Waals surface area (Å²) in [5, 5.41) is 12.5. The molecule has 154 valence electrons. The number of amides is 1. The Bertz CT molecular complexity index is 1150. The standard InChI is InChI=1S/C24H23NO5/c1-14-2-6-19-15(8-14)9-22(30-19)23(26)25-17-4-5-18(25)12-24(27,11-17)16-3-7-20-21(10-16)29-13-28-20/h2-3,6-10,17-18,27H,4-5,11-13H2,1H3/t17-,18+,24?. The number of hydrogen-bond acceptors (Lipinski definition) is 5. The molecule has 0 aliphatic carbocycles. The Hall–Kier alpha value is -2.99. The molecular weight excluding hydrogens is 382 g/mol. The first-order valence-corrected chi connectivity index (χ1v) is 10.5. The van der Waals surface area contributed by atoms with Gasteiger partial charge in [0.05, 0.1) is 5.60 Å². The lowest BCUT2D eigenvalue weighted by atomic mass is 9.80. The second-order valence-corrected chi connectivity index (χ2v) is 8.76. The number of hydrogen-bond donors (Lipinski definition) is 1. The van der Waals surface area contributed by atoms with Crippen molar-refractivity contribution in [1.82, 2.24) is 4.90 Å². The number of carbonyl (C=O) groups is 1. The zero-order valence-corrected chi connectivity index (χ0v) is 16.8. The number of furan rings is 1. The third-order valence-electron chi connectivity index (χ3n) is 6.79. The van der Waals surface area contributed by atoms with Crippen molar-refractivity contribution >= 4 is 16.9 Å². The van der Waals surface area contributed by atoms with Crippen LogP contribution < -0.4 is 9.47 Å². The molecule has 1 amide bonds. The zero-order valence-electron chi connectivity index (χ0n) is 16.8. The van der Waals surface area contributed by atoms with E-state index >= 15 is 0 Å². The topological polar surface area (TPSA) is 72.1 Å². The number of ether oxygens (including phenoxy) is 2. The molecule has 6 rings (SSSR count). The molecule has 2 bridgehead atoms. The van der Waals surface area contributed by atoms with Crippen LogP contribution in [0.4, 0.5) is 0 Å². The smallest absolute Gasteiger partial charge is 0.290 e. The maximum absolute atomic E-state index is 13.3. The summed E-state index contributed by atoms with van der Waals surface area (Å²) in [6.45, 7) is 2.23. The Morgan fingerprint density at radius 2 is 1.80 bits per heavy atom. The summed E-state index contributed by atoms with van der Waals surface area (Å²) >= 11 is 0. The summed E-state index contributed by atoms with van der Waals surface area (Å²) in [5.74, 6) is 1.67. The molecule has 30 heavy (non-hydrogen) atoms. The van der Waals surface area contributed by atoms with Crippen LogP contribution in [0.1, 0.15) is 47.4 Å². The quantitative estimate of drug-likeness (QED) is 0.694. The molecule has 0 spiro atoms. The van der Waals surface area contributed by atoms with Crippen molar-refractivity contribution in [2.75, 3.05) is 6.79 Å². The van der Waals surface area contributed by atoms with Crippen LogP contribution in [-0.2, 0) is 5.60 Å². The van der Waals surface area contributed by atoms with Crippen LogP contribution in [-0.4, -0.2) is 34.8 Å². The lowest BCUT2D eigenvalue weighted by Gasteiger charge is -2.43. The minimum absolute atomic E-state index is 0.0124. The number of aliphatic hydroxyl groups is 1. The van der Waals surface area contributed by atoms with Gasteiger partial charge < -0.3 is 23.9 Å². The number of nitrogens with zero attached hydrogens (tertiary/aromatic N) is 1. The molecular formula is C24H23NO5. The van der Waals surface area contributed by atoms with Gasteiger partial charge in [-0.25, -0.2) is 0 Å². The molecule has 3 aromatic rings. The Morgan fingerprint density at radius 1 is 1.03 bits per heavy atom. The maximum atomic E-state index is 13.3. The van der Waals surface area contributed by atoms with Crippen LogP contribution in [0.5, 0.6) is 11.5 Å². The predicted molar refractivity (Wildman–Crippen MR) is 110 cm³/mol. The summed E-state index contributed by atoms with van der Waals surface area (Å²) in [5.41, 5.74) is 1.71. The highest BCUT2D eigenvalue weighted by molar-refractivity contribution is 5.96. The summed E-state index contributed by atoms with van der Waals surface area (Å²) in [7, 11) is 0. The minimum atomic E-state index is -0.978. The summed E-state index contributed by atoms with van der Waals surface area (Å²) in [6, 6.07) is 13.4. The van der Waals surface area contributed by atoms with E-state index in [-0.39, 0.29) is 24.8 Å². The minimum Gasteiger partial charge on any atom is -0.454 e. The highest BCUT2D eigenvalue weighted by Crippen LogP contribution is 2.48. The van der Waals surface area contributed by atoms with Crippen molar-refractivity contribution in [3.05, 3.63) is 59.4 Å². The first-order chi connectivity index (χ1) is 14.5. The molecule has 1 aromatic heterocycles. The van der Waals surface area contributed by atoms with Gasteiger partial charge in [0.15, 0.2) is 17.3 Å². The fourth-order valence-electron chi connectivity index (χ4n) is 5.37. The molecule has 2 aromatic carbocycles. The van der Waals surface area contributed by atoms with Gasteiger partial charge in [-0.3, -0.25) is 4.79 Å². The van der Waals surface area contributed by atoms with Gasteiger partial charge in [0, 0.05) is 30.3 Å². The van der Waals surface area contributed by atoms with Crippen LogP contribution in [0.15, 0.2) is 46.9 Å². The molecule has 3 aliphatic rings. The van der Waals surface area contributed by atoms with Gasteiger partial charge in [-0.1, -0.05) is 17.7 Å². The van der Waals surface area contributed by atoms with Gasteiger partial charge in [-0.05, 0) is 55.7 Å². The first kappa shape index (κ1) is 17.8. The van der Waals surface area contributed by atoms with E-state index in [9.17, 15) is 9.90 Å². The molecule has 2 saturated heterocycles. The van der Waals surface area contributed by atoms with Gasteiger partial charge in [-0.2, -0.15) is 0 Å². The van der Waals surface area contributed by atoms with E-state index in [1.54, 1.807) is 0 Å². The van der Waals surface area contributed by atoms with E-state index in [0.29, 0.717) is 30.1 Å². The molecule has 0 saturated carbocycles. The normalized spacial score (nSPS) is 27.1. The van der Waals surface area contributed by atoms with Crippen molar-refractivity contribution in [2.45, 2.75) is 50.3 Å². The van der Waals surface area contributed by atoms with E-state index in [0.717, 1.165) is 34.9 Å². The largest absolute Gasteiger partial charge is 0.454 e. The summed E-state index contributed by atoms with van der Waals surface area (Å²) in [6.07, 6.45) is 2.80. The lowest BCUT2D eigenvalue weighted by Crippen LogP contribution is -2.51. The number of fused-ring (bicyclic) bond motifs is 4. The van der Waals surface area contributed by atoms with Gasteiger partial charge in [0.25, 0.3) is 5.91 Å². The molecule has 6 heteroatoms. The highest BCUT2D eigenvalue weighted by Gasteiger charge is 2.50. The fraction of sp³-hybridized carbons (Fsp3) is 0.375. The maximum Gasteiger partial charge on any atom is 0.290 e. The van der Waals surface area contributed by atoms with Crippen LogP contribution >= 0.6 is 0 Å². The monoisotopic (exact) mass is 405 g/mol. The fourth-order valence-corrected chi connectivity index (χ4v) is 5.37. The molecule has 4 heterocycles. The second kappa shape index (κ2) is 6.25. The van der Waals surface area contributed by atoms with E-state index in [4.69, 9.17) is 13.9 Å². The first-order valence-electron chi connectivity index (χ1n) is 10.5. The van der Waals surface area contributed by atoms with Crippen molar-refractivity contribution < 1.29 is 23.8 Å². The average molecular weight is 405 g/mol. The van der Waals surface area contributed by atoms with Gasteiger partial charge in [0.1, 0.15) is 5.58 Å². The van der Waals surface area contributed by atoms with E-state index in [1.807, 2.05) is 54.3 Å². The molecule has 3 atom stereocenters. The van der Waals surface area contributed by atoms with Crippen LogP contribution in [0, 0.1) is 6.92 Å². The summed E-state index contributed by atoms with van der Waals surface area (Å²) < 4.78 is 16.7. The lowest BCUT2D eigenvalue weighted by molar-refractivity contribution is -0.0486. The SMILES string of the molecule is Cc1ccc2oc(C(=O)N3[C@@H]4CC[C@H]3CC(O)(c3ccc5c(c3)OCO5)C4)cc2c1. The van der Waals surface area contributed by atoms with E-state index in [2.05, 4.69) is 0 Å². The number of piperidine rings is 1. The highest BCUT2D eigenvalue weighted by atomic mass is 16.7. The Labute approximate surface area is 174 Å². The number of benzene rings is 2. The Morgan fingerprint density at radius 3 is 2.60 bits per heavy atom. The van der Waals surface area contributed by atoms with Crippen LogP contribution in [0.3, 0.4) is 0 Å². The average Bonchev–Trinajstić information content (AvgIpc) is 3.43. The number of rotatable bonds is 2. The second-order valence-electron chi connectivity index (χ2n) is 8.76. The van der Waals surface area contributed by atoms with Crippen LogP contribution in [0.2, 0.25) is 0 Å². The molecule has 3 aliphatic heterocycles. The molecule has 1 unspecified atom stereocenters. The zero-order chi connectivity index (χ0) is 20.5. The molecule has 2 fully saturated rings. The van der Waals surface area contributed by atoms with E-state index < -0.39 is 5.60 Å². The molecule has 6 nitrogen and oxygen atoms in total. The van der Waals surface area contributed by atoms with Crippen molar-refractivity contribution in [3.63, 3.8) is 0 Å². The van der Waals surface area contributed by atoms with Gasteiger partial charge >= 0.3 is 0 Å². The number of aryl methyl sites for hydroxylation is 1. The van der Waals surface area contributed by atoms with Gasteiger partial charge in [-0.15, -0.1) is 0 Å². The Kier molecular flexibility index (Phi) is 3.72. The van der Waals surface area contributed by atoms with Crippen molar-refractivity contribution in [3.8, 4) is 11.5 Å². The Balaban J connectivity index is 1.29. The van der Waals surface area contributed by atoms with Crippen LogP contribution in [0.25, 0.3) is 11.0 Å². The van der Waals surface area contributed by atoms with Crippen molar-refractivity contribution in [1.29, 1.82) is 0 Å². The predicted octanol–water partition coefficient (Wildman–Crippen LogP) is 4.12. The third kappa shape index (κ3) is 2.63. The third-order valence-corrected chi connectivity index (χ3v) is 6.79. The molecule has 0 radical (unpaired) electrons. The summed E-state index contributed by atoms with van der Waals surface area (Å²) in [4.78, 5) is 15.3. The van der Waals surface area contributed by atoms with Crippen molar-refractivity contribution in [2.24, 2.45) is 0 Å². The van der Waals surface area contributed by atoms with Gasteiger partial charge in [0.2, 0.25) is 6.79 Å². The van der Waals surface area contributed by atoms with E-state index in [1.165, 1.54) is 0 Å². The molecule has 1 N–H and O–H groups in total. The number of carbonyl (C=O) groups excluding carboxylic acids is 1.